The van der Waals surface area contributed by atoms with Crippen LogP contribution in [0.3, 0.4) is 0 Å². The summed E-state index contributed by atoms with van der Waals surface area (Å²) in [6, 6.07) is 4.88. The molecule has 0 spiro atoms. The summed E-state index contributed by atoms with van der Waals surface area (Å²) in [5, 5.41) is 11.8. The second-order valence-electron chi connectivity index (χ2n) is 4.38. The molecule has 0 unspecified atom stereocenters. The Kier molecular flexibility index (Phi) is 8.53. The van der Waals surface area contributed by atoms with Gasteiger partial charge in [-0.15, -0.1) is 0 Å². The second kappa shape index (κ2) is 10.2. The quantitative estimate of drug-likeness (QED) is 0.600. The van der Waals surface area contributed by atoms with Gasteiger partial charge in [-0.25, -0.2) is 0 Å². The van der Waals surface area contributed by atoms with Crippen LogP contribution < -0.4 is 5.32 Å². The Morgan fingerprint density at radius 3 is 2.90 bits per heavy atom. The van der Waals surface area contributed by atoms with Crippen molar-refractivity contribution in [2.45, 2.75) is 19.8 Å². The molecule has 1 aromatic carbocycles. The van der Waals surface area contributed by atoms with Crippen LogP contribution in [-0.4, -0.2) is 37.4 Å². The monoisotopic (exact) mass is 309 g/mol. The van der Waals surface area contributed by atoms with Crippen molar-refractivity contribution in [2.24, 2.45) is 0 Å². The number of carbonyl (C=O) groups excluding carboxylic acids is 1. The number of carbonyl (C=O) groups is 1. The van der Waals surface area contributed by atoms with E-state index >= 15 is 0 Å². The molecule has 0 saturated carbocycles. The van der Waals surface area contributed by atoms with Crippen molar-refractivity contribution in [3.8, 4) is 11.8 Å². The fourth-order valence-electron chi connectivity index (χ4n) is 1.58. The van der Waals surface area contributed by atoms with E-state index in [0.29, 0.717) is 29.3 Å². The van der Waals surface area contributed by atoms with Gasteiger partial charge in [0, 0.05) is 24.3 Å². The Morgan fingerprint density at radius 1 is 1.43 bits per heavy atom. The van der Waals surface area contributed by atoms with Gasteiger partial charge in [0.2, 0.25) is 0 Å². The first-order chi connectivity index (χ1) is 10.2. The summed E-state index contributed by atoms with van der Waals surface area (Å²) in [5.41, 5.74) is 1.06. The predicted molar refractivity (Wildman–Crippen MR) is 83.5 cm³/mol. The summed E-state index contributed by atoms with van der Waals surface area (Å²) >= 11 is 6.04. The van der Waals surface area contributed by atoms with Gasteiger partial charge < -0.3 is 15.2 Å². The maximum Gasteiger partial charge on any atom is 0.251 e. The third-order valence-electron chi connectivity index (χ3n) is 2.71. The van der Waals surface area contributed by atoms with Gasteiger partial charge in [-0.2, -0.15) is 0 Å². The van der Waals surface area contributed by atoms with Crippen LogP contribution >= 0.6 is 11.6 Å². The fourth-order valence-corrected chi connectivity index (χ4v) is 1.81. The molecular weight excluding hydrogens is 290 g/mol. The van der Waals surface area contributed by atoms with E-state index < -0.39 is 0 Å². The number of aliphatic hydroxyl groups is 1. The average molecular weight is 310 g/mol. The van der Waals surface area contributed by atoms with E-state index in [0.717, 1.165) is 19.4 Å². The Morgan fingerprint density at radius 2 is 2.24 bits per heavy atom. The Bertz CT molecular complexity index is 520. The Hall–Kier alpha value is -1.54. The second-order valence-corrected chi connectivity index (χ2v) is 4.78. The van der Waals surface area contributed by atoms with Gasteiger partial charge in [0.15, 0.2) is 0 Å². The number of unbranched alkanes of at least 4 members (excludes halogenated alkanes) is 1. The van der Waals surface area contributed by atoms with Crippen LogP contribution in [0.25, 0.3) is 0 Å². The van der Waals surface area contributed by atoms with E-state index in [1.54, 1.807) is 18.2 Å². The van der Waals surface area contributed by atoms with E-state index in [1.165, 1.54) is 0 Å². The molecule has 0 bridgehead atoms. The maximum atomic E-state index is 11.9. The van der Waals surface area contributed by atoms with Crippen molar-refractivity contribution in [2.75, 3.05) is 26.4 Å². The molecule has 0 fully saturated rings. The fraction of sp³-hybridized carbons (Fsp3) is 0.438. The van der Waals surface area contributed by atoms with Gasteiger partial charge in [0.05, 0.1) is 11.6 Å². The number of aliphatic hydroxyl groups excluding tert-OH is 1. The summed E-state index contributed by atoms with van der Waals surface area (Å²) in [5.74, 6) is 5.04. The highest BCUT2D eigenvalue weighted by Gasteiger charge is 2.07. The van der Waals surface area contributed by atoms with E-state index in [2.05, 4.69) is 24.1 Å². The lowest BCUT2D eigenvalue weighted by Gasteiger charge is -2.07. The topological polar surface area (TPSA) is 58.6 Å². The molecule has 114 valence electrons. The third-order valence-corrected chi connectivity index (χ3v) is 3.02. The maximum absolute atomic E-state index is 11.9. The lowest BCUT2D eigenvalue weighted by Crippen LogP contribution is -2.27. The molecule has 2 N–H and O–H groups in total. The van der Waals surface area contributed by atoms with E-state index in [1.807, 2.05) is 0 Å². The lowest BCUT2D eigenvalue weighted by molar-refractivity contribution is 0.0913. The van der Waals surface area contributed by atoms with Crippen molar-refractivity contribution in [1.82, 2.24) is 5.32 Å². The van der Waals surface area contributed by atoms with Crippen LogP contribution in [-0.2, 0) is 4.74 Å². The standard InChI is InChI=1S/C16H20ClNO3/c1-2-3-10-21-11-8-18-16(20)14-7-6-13(5-4-9-19)15(17)12-14/h6-7,12,19H,2-3,8-11H2,1H3,(H,18,20). The molecule has 0 aliphatic carbocycles. The van der Waals surface area contributed by atoms with Crippen LogP contribution in [0.5, 0.6) is 0 Å². The van der Waals surface area contributed by atoms with Gasteiger partial charge in [0.25, 0.3) is 5.91 Å². The molecule has 1 rings (SSSR count). The minimum Gasteiger partial charge on any atom is -0.384 e. The third kappa shape index (κ3) is 6.63. The van der Waals surface area contributed by atoms with Crippen LogP contribution in [0.2, 0.25) is 5.02 Å². The number of rotatable bonds is 7. The van der Waals surface area contributed by atoms with Crippen molar-refractivity contribution in [3.63, 3.8) is 0 Å². The molecule has 4 nitrogen and oxygen atoms in total. The van der Waals surface area contributed by atoms with Crippen molar-refractivity contribution < 1.29 is 14.6 Å². The zero-order valence-electron chi connectivity index (χ0n) is 12.1. The van der Waals surface area contributed by atoms with Crippen LogP contribution in [0.4, 0.5) is 0 Å². The molecule has 21 heavy (non-hydrogen) atoms. The first kappa shape index (κ1) is 17.5. The summed E-state index contributed by atoms with van der Waals surface area (Å²) in [7, 11) is 0. The molecule has 0 saturated heterocycles. The number of hydrogen-bond donors (Lipinski definition) is 2. The zero-order valence-corrected chi connectivity index (χ0v) is 12.9. The molecule has 5 heteroatoms. The summed E-state index contributed by atoms with van der Waals surface area (Å²) < 4.78 is 5.36. The smallest absolute Gasteiger partial charge is 0.251 e. The minimum atomic E-state index is -0.226. The Labute approximate surface area is 130 Å². The van der Waals surface area contributed by atoms with E-state index in [-0.39, 0.29) is 12.5 Å². The number of halogens is 1. The number of hydrogen-bond acceptors (Lipinski definition) is 3. The SMILES string of the molecule is CCCCOCCNC(=O)c1ccc(C#CCO)c(Cl)c1. The highest BCUT2D eigenvalue weighted by atomic mass is 35.5. The summed E-state index contributed by atoms with van der Waals surface area (Å²) in [4.78, 5) is 11.9. The van der Waals surface area contributed by atoms with Crippen molar-refractivity contribution in [3.05, 3.63) is 34.3 Å². The van der Waals surface area contributed by atoms with Gasteiger partial charge in [0.1, 0.15) is 6.61 Å². The highest BCUT2D eigenvalue weighted by Crippen LogP contribution is 2.16. The predicted octanol–water partition coefficient (Wildman–Crippen LogP) is 2.23. The van der Waals surface area contributed by atoms with Gasteiger partial charge in [-0.3, -0.25) is 4.79 Å². The molecular formula is C16H20ClNO3. The lowest BCUT2D eigenvalue weighted by atomic mass is 10.1. The number of benzene rings is 1. The minimum absolute atomic E-state index is 0.197. The number of ether oxygens (including phenoxy) is 1. The Balaban J connectivity index is 2.46. The van der Waals surface area contributed by atoms with E-state index in [9.17, 15) is 4.79 Å². The van der Waals surface area contributed by atoms with Crippen molar-refractivity contribution >= 4 is 17.5 Å². The molecule has 0 aliphatic heterocycles. The number of amides is 1. The molecule has 0 radical (unpaired) electrons. The summed E-state index contributed by atoms with van der Waals surface area (Å²) in [6.07, 6.45) is 2.12. The molecule has 0 atom stereocenters. The van der Waals surface area contributed by atoms with Gasteiger partial charge in [-0.1, -0.05) is 36.8 Å². The molecule has 1 aromatic rings. The largest absolute Gasteiger partial charge is 0.384 e. The normalized spacial score (nSPS) is 9.86. The molecule has 0 aromatic heterocycles. The zero-order chi connectivity index (χ0) is 15.5. The van der Waals surface area contributed by atoms with Gasteiger partial charge >= 0.3 is 0 Å². The summed E-state index contributed by atoms with van der Waals surface area (Å²) in [6.45, 7) is 3.56. The molecule has 0 aliphatic rings. The molecule has 0 heterocycles. The van der Waals surface area contributed by atoms with Crippen LogP contribution in [0.1, 0.15) is 35.7 Å². The first-order valence-electron chi connectivity index (χ1n) is 6.94. The van der Waals surface area contributed by atoms with Crippen LogP contribution in [0.15, 0.2) is 18.2 Å². The first-order valence-corrected chi connectivity index (χ1v) is 7.32. The molecule has 1 amide bonds. The highest BCUT2D eigenvalue weighted by molar-refractivity contribution is 6.32. The van der Waals surface area contributed by atoms with E-state index in [4.69, 9.17) is 21.4 Å². The average Bonchev–Trinajstić information content (AvgIpc) is 2.49. The van der Waals surface area contributed by atoms with Gasteiger partial charge in [-0.05, 0) is 24.6 Å². The number of nitrogens with one attached hydrogen (secondary N) is 1. The van der Waals surface area contributed by atoms with Crippen molar-refractivity contribution in [1.29, 1.82) is 0 Å². The van der Waals surface area contributed by atoms with Crippen LogP contribution in [0, 0.1) is 11.8 Å².